The highest BCUT2D eigenvalue weighted by Gasteiger charge is 2.12. The summed E-state index contributed by atoms with van der Waals surface area (Å²) in [5, 5.41) is 13.9. The second kappa shape index (κ2) is 6.19. The zero-order valence-corrected chi connectivity index (χ0v) is 10.1. The maximum absolute atomic E-state index is 11.7. The van der Waals surface area contributed by atoms with E-state index in [4.69, 9.17) is 5.73 Å². The van der Waals surface area contributed by atoms with E-state index in [2.05, 4.69) is 15.7 Å². The van der Waals surface area contributed by atoms with Crippen molar-refractivity contribution in [1.29, 1.82) is 0 Å². The van der Waals surface area contributed by atoms with E-state index in [9.17, 15) is 4.79 Å². The molecule has 3 N–H and O–H groups in total. The SMILES string of the molecule is CN(C)/N=N/c1ccsc1C(=O)NCCN. The third-order valence-corrected chi connectivity index (χ3v) is 2.51. The summed E-state index contributed by atoms with van der Waals surface area (Å²) in [6, 6.07) is 1.76. The van der Waals surface area contributed by atoms with Crippen molar-refractivity contribution < 1.29 is 4.79 Å². The van der Waals surface area contributed by atoms with E-state index in [0.29, 0.717) is 23.7 Å². The van der Waals surface area contributed by atoms with Crippen molar-refractivity contribution in [2.24, 2.45) is 16.1 Å². The normalized spacial score (nSPS) is 10.7. The van der Waals surface area contributed by atoms with E-state index in [1.165, 1.54) is 11.3 Å². The highest BCUT2D eigenvalue weighted by Crippen LogP contribution is 2.25. The smallest absolute Gasteiger partial charge is 0.263 e. The predicted octanol–water partition coefficient (Wildman–Crippen LogP) is 0.997. The molecular weight excluding hydrogens is 226 g/mol. The van der Waals surface area contributed by atoms with Gasteiger partial charge in [-0.1, -0.05) is 5.22 Å². The first kappa shape index (κ1) is 12.6. The van der Waals surface area contributed by atoms with Gasteiger partial charge in [-0.25, -0.2) is 0 Å². The Hall–Kier alpha value is -1.47. The summed E-state index contributed by atoms with van der Waals surface area (Å²) in [5.41, 5.74) is 5.88. The van der Waals surface area contributed by atoms with Gasteiger partial charge in [0.05, 0.1) is 0 Å². The van der Waals surface area contributed by atoms with Gasteiger partial charge in [-0.15, -0.1) is 16.5 Å². The number of carbonyl (C=O) groups excluding carboxylic acids is 1. The summed E-state index contributed by atoms with van der Waals surface area (Å²) in [5.74, 6) is -0.159. The molecule has 0 fully saturated rings. The number of carbonyl (C=O) groups is 1. The molecule has 0 saturated carbocycles. The van der Waals surface area contributed by atoms with Crippen LogP contribution in [0.15, 0.2) is 21.8 Å². The van der Waals surface area contributed by atoms with Gasteiger partial charge < -0.3 is 11.1 Å². The average Bonchev–Trinajstić information content (AvgIpc) is 2.71. The third kappa shape index (κ3) is 3.59. The van der Waals surface area contributed by atoms with E-state index in [1.54, 1.807) is 30.6 Å². The molecule has 0 aliphatic rings. The van der Waals surface area contributed by atoms with Gasteiger partial charge in [0.15, 0.2) is 0 Å². The van der Waals surface area contributed by atoms with Crippen LogP contribution in [0.1, 0.15) is 9.67 Å². The summed E-state index contributed by atoms with van der Waals surface area (Å²) in [6.45, 7) is 0.882. The van der Waals surface area contributed by atoms with E-state index < -0.39 is 0 Å². The molecule has 0 bridgehead atoms. The fourth-order valence-electron chi connectivity index (χ4n) is 0.955. The van der Waals surface area contributed by atoms with Crippen LogP contribution < -0.4 is 11.1 Å². The molecule has 1 amide bonds. The summed E-state index contributed by atoms with van der Waals surface area (Å²) in [6.07, 6.45) is 0. The molecule has 88 valence electrons. The number of hydrogen-bond acceptors (Lipinski definition) is 5. The first-order valence-corrected chi connectivity index (χ1v) is 5.68. The maximum atomic E-state index is 11.7. The van der Waals surface area contributed by atoms with Crippen molar-refractivity contribution in [2.75, 3.05) is 27.2 Å². The number of thiophene rings is 1. The molecule has 7 heteroatoms. The Morgan fingerprint density at radius 1 is 1.62 bits per heavy atom. The van der Waals surface area contributed by atoms with E-state index in [-0.39, 0.29) is 5.91 Å². The number of amides is 1. The molecule has 0 saturated heterocycles. The topological polar surface area (TPSA) is 83.1 Å². The summed E-state index contributed by atoms with van der Waals surface area (Å²) in [4.78, 5) is 12.2. The number of nitrogens with two attached hydrogens (primary N) is 1. The molecule has 0 spiro atoms. The van der Waals surface area contributed by atoms with E-state index in [1.807, 2.05) is 0 Å². The molecule has 16 heavy (non-hydrogen) atoms. The first-order chi connectivity index (χ1) is 7.65. The van der Waals surface area contributed by atoms with Gasteiger partial charge in [0.1, 0.15) is 10.6 Å². The van der Waals surface area contributed by atoms with Crippen molar-refractivity contribution in [3.63, 3.8) is 0 Å². The van der Waals surface area contributed by atoms with Crippen LogP contribution in [0.25, 0.3) is 0 Å². The standard InChI is InChI=1S/C9H15N5OS/c1-14(2)13-12-7-3-6-16-8(7)9(15)11-5-4-10/h3,6H,4-5,10H2,1-2H3,(H,11,15)/b13-12+. The lowest BCUT2D eigenvalue weighted by atomic mass is 10.4. The number of hydrogen-bond donors (Lipinski definition) is 2. The summed E-state index contributed by atoms with van der Waals surface area (Å²) >= 11 is 1.33. The van der Waals surface area contributed by atoms with Crippen molar-refractivity contribution in [3.8, 4) is 0 Å². The lowest BCUT2D eigenvalue weighted by molar-refractivity contribution is 0.0959. The molecule has 1 aromatic rings. The molecule has 6 nitrogen and oxygen atoms in total. The Bertz CT molecular complexity index is 374. The minimum absolute atomic E-state index is 0.159. The molecule has 1 heterocycles. The molecule has 1 aromatic heterocycles. The predicted molar refractivity (Wildman–Crippen MR) is 63.9 cm³/mol. The number of nitrogens with one attached hydrogen (secondary N) is 1. The molecule has 0 aliphatic carbocycles. The van der Waals surface area contributed by atoms with E-state index >= 15 is 0 Å². The highest BCUT2D eigenvalue weighted by molar-refractivity contribution is 7.12. The Balaban J connectivity index is 2.73. The largest absolute Gasteiger partial charge is 0.350 e. The van der Waals surface area contributed by atoms with Gasteiger partial charge in [0.2, 0.25) is 0 Å². The summed E-state index contributed by atoms with van der Waals surface area (Å²) < 4.78 is 0. The maximum Gasteiger partial charge on any atom is 0.263 e. The van der Waals surface area contributed by atoms with Crippen molar-refractivity contribution in [2.45, 2.75) is 0 Å². The molecular formula is C9H15N5OS. The Morgan fingerprint density at radius 2 is 2.38 bits per heavy atom. The van der Waals surface area contributed by atoms with Crippen LogP contribution in [-0.2, 0) is 0 Å². The Kier molecular flexibility index (Phi) is 4.87. The Morgan fingerprint density at radius 3 is 3.00 bits per heavy atom. The lowest BCUT2D eigenvalue weighted by Gasteiger charge is -2.02. The zero-order valence-electron chi connectivity index (χ0n) is 9.30. The monoisotopic (exact) mass is 241 g/mol. The van der Waals surface area contributed by atoms with Crippen LogP contribution in [0.2, 0.25) is 0 Å². The van der Waals surface area contributed by atoms with Gasteiger partial charge in [0.25, 0.3) is 5.91 Å². The van der Waals surface area contributed by atoms with Crippen molar-refractivity contribution >= 4 is 22.9 Å². The second-order valence-corrected chi connectivity index (χ2v) is 4.13. The van der Waals surface area contributed by atoms with Crippen LogP contribution in [0.3, 0.4) is 0 Å². The minimum Gasteiger partial charge on any atom is -0.350 e. The number of nitrogens with zero attached hydrogens (tertiary/aromatic N) is 3. The van der Waals surface area contributed by atoms with Crippen LogP contribution in [-0.4, -0.2) is 38.1 Å². The quantitative estimate of drug-likeness (QED) is 0.596. The Labute approximate surface area is 98.1 Å². The van der Waals surface area contributed by atoms with Crippen LogP contribution >= 0.6 is 11.3 Å². The molecule has 0 aliphatic heterocycles. The highest BCUT2D eigenvalue weighted by atomic mass is 32.1. The van der Waals surface area contributed by atoms with Crippen molar-refractivity contribution in [1.82, 2.24) is 10.3 Å². The minimum atomic E-state index is -0.159. The molecule has 0 radical (unpaired) electrons. The summed E-state index contributed by atoms with van der Waals surface area (Å²) in [7, 11) is 3.54. The molecule has 0 unspecified atom stereocenters. The average molecular weight is 241 g/mol. The van der Waals surface area contributed by atoms with Gasteiger partial charge in [-0.05, 0) is 11.4 Å². The fourth-order valence-corrected chi connectivity index (χ4v) is 1.70. The molecule has 1 rings (SSSR count). The molecule has 0 atom stereocenters. The van der Waals surface area contributed by atoms with Crippen LogP contribution in [0.5, 0.6) is 0 Å². The molecule has 0 aromatic carbocycles. The van der Waals surface area contributed by atoms with Gasteiger partial charge in [-0.2, -0.15) is 0 Å². The fraction of sp³-hybridized carbons (Fsp3) is 0.444. The number of rotatable bonds is 5. The lowest BCUT2D eigenvalue weighted by Crippen LogP contribution is -2.28. The van der Waals surface area contributed by atoms with Crippen LogP contribution in [0.4, 0.5) is 5.69 Å². The van der Waals surface area contributed by atoms with Gasteiger partial charge in [-0.3, -0.25) is 9.80 Å². The second-order valence-electron chi connectivity index (χ2n) is 3.22. The van der Waals surface area contributed by atoms with Gasteiger partial charge >= 0.3 is 0 Å². The van der Waals surface area contributed by atoms with Crippen LogP contribution in [0, 0.1) is 0 Å². The van der Waals surface area contributed by atoms with Gasteiger partial charge in [0, 0.05) is 27.2 Å². The first-order valence-electron chi connectivity index (χ1n) is 4.80. The van der Waals surface area contributed by atoms with E-state index in [0.717, 1.165) is 0 Å². The van der Waals surface area contributed by atoms with Crippen molar-refractivity contribution in [3.05, 3.63) is 16.3 Å². The third-order valence-electron chi connectivity index (χ3n) is 1.61. The zero-order chi connectivity index (χ0) is 12.0.